The minimum atomic E-state index is 0.0118. The van der Waals surface area contributed by atoms with Crippen molar-refractivity contribution in [3.63, 3.8) is 0 Å². The zero-order valence-electron chi connectivity index (χ0n) is 9.03. The van der Waals surface area contributed by atoms with Gasteiger partial charge in [0.2, 0.25) is 0 Å². The molecule has 0 unspecified atom stereocenters. The van der Waals surface area contributed by atoms with Crippen molar-refractivity contribution in [2.45, 2.75) is 25.9 Å². The largest absolute Gasteiger partial charge is 0.390 e. The number of H-pyrrole nitrogens is 1. The van der Waals surface area contributed by atoms with Crippen LogP contribution in [0.5, 0.6) is 0 Å². The van der Waals surface area contributed by atoms with E-state index in [1.807, 2.05) is 6.07 Å². The summed E-state index contributed by atoms with van der Waals surface area (Å²) in [6.45, 7) is 0.0118. The first-order valence-electron chi connectivity index (χ1n) is 5.64. The van der Waals surface area contributed by atoms with Crippen LogP contribution in [0.4, 0.5) is 0 Å². The number of nitrogens with one attached hydrogen (secondary N) is 1. The summed E-state index contributed by atoms with van der Waals surface area (Å²) in [6.07, 6.45) is 3.65. The summed E-state index contributed by atoms with van der Waals surface area (Å²) in [5, 5.41) is 16.0. The summed E-state index contributed by atoms with van der Waals surface area (Å²) in [4.78, 5) is 0. The highest BCUT2D eigenvalue weighted by molar-refractivity contribution is 5.61. The van der Waals surface area contributed by atoms with Crippen LogP contribution in [0.2, 0.25) is 0 Å². The summed E-state index contributed by atoms with van der Waals surface area (Å²) in [6, 6.07) is 8.43. The van der Waals surface area contributed by atoms with Crippen LogP contribution in [0.15, 0.2) is 24.3 Å². The maximum absolute atomic E-state index is 8.98. The summed E-state index contributed by atoms with van der Waals surface area (Å²) < 4.78 is 0. The van der Waals surface area contributed by atoms with Crippen LogP contribution in [0.25, 0.3) is 11.3 Å². The van der Waals surface area contributed by atoms with Crippen LogP contribution in [0.3, 0.4) is 0 Å². The van der Waals surface area contributed by atoms with Gasteiger partial charge in [-0.2, -0.15) is 5.10 Å². The molecule has 0 saturated carbocycles. The standard InChI is InChI=1S/C13H14N2O/c16-8-12-7-13(15-14-12)11-5-4-9-2-1-3-10(9)6-11/h4-7,16H,1-3,8H2,(H,14,15). The molecule has 0 amide bonds. The molecule has 0 bridgehead atoms. The van der Waals surface area contributed by atoms with Crippen molar-refractivity contribution in [2.75, 3.05) is 0 Å². The Kier molecular flexibility index (Phi) is 2.26. The highest BCUT2D eigenvalue weighted by Crippen LogP contribution is 2.27. The lowest BCUT2D eigenvalue weighted by Gasteiger charge is -2.01. The molecule has 0 aliphatic heterocycles. The monoisotopic (exact) mass is 214 g/mol. The van der Waals surface area contributed by atoms with Crippen molar-refractivity contribution in [1.82, 2.24) is 10.2 Å². The first kappa shape index (κ1) is 9.60. The van der Waals surface area contributed by atoms with E-state index < -0.39 is 0 Å². The Labute approximate surface area is 94.1 Å². The van der Waals surface area contributed by atoms with E-state index in [4.69, 9.17) is 5.11 Å². The van der Waals surface area contributed by atoms with E-state index in [9.17, 15) is 0 Å². The second-order valence-corrected chi connectivity index (χ2v) is 4.27. The van der Waals surface area contributed by atoms with Gasteiger partial charge in [-0.1, -0.05) is 12.1 Å². The molecule has 1 aromatic carbocycles. The van der Waals surface area contributed by atoms with Gasteiger partial charge >= 0.3 is 0 Å². The van der Waals surface area contributed by atoms with Crippen molar-refractivity contribution in [2.24, 2.45) is 0 Å². The maximum Gasteiger partial charge on any atom is 0.0924 e. The number of nitrogens with zero attached hydrogens (tertiary/aromatic N) is 1. The van der Waals surface area contributed by atoms with Gasteiger partial charge in [-0.15, -0.1) is 0 Å². The molecule has 3 nitrogen and oxygen atoms in total. The molecule has 1 heterocycles. The SMILES string of the molecule is OCc1cc(-c2ccc3c(c2)CCC3)n[nH]1. The van der Waals surface area contributed by atoms with Gasteiger partial charge in [-0.25, -0.2) is 0 Å². The van der Waals surface area contributed by atoms with Gasteiger partial charge in [0, 0.05) is 5.56 Å². The van der Waals surface area contributed by atoms with Gasteiger partial charge < -0.3 is 5.11 Å². The van der Waals surface area contributed by atoms with E-state index in [1.54, 1.807) is 0 Å². The molecular weight excluding hydrogens is 200 g/mol. The zero-order chi connectivity index (χ0) is 11.0. The first-order valence-corrected chi connectivity index (χ1v) is 5.64. The number of aliphatic hydroxyl groups excluding tert-OH is 1. The number of aryl methyl sites for hydroxylation is 2. The van der Waals surface area contributed by atoms with Crippen LogP contribution in [-0.2, 0) is 19.4 Å². The van der Waals surface area contributed by atoms with E-state index in [1.165, 1.54) is 30.4 Å². The molecule has 3 heteroatoms. The van der Waals surface area contributed by atoms with Gasteiger partial charge in [-0.05, 0) is 42.5 Å². The molecule has 1 aliphatic rings. The number of aromatic nitrogens is 2. The molecule has 2 aromatic rings. The quantitative estimate of drug-likeness (QED) is 0.803. The van der Waals surface area contributed by atoms with Gasteiger partial charge in [-0.3, -0.25) is 5.10 Å². The predicted octanol–water partition coefficient (Wildman–Crippen LogP) is 2.06. The molecule has 0 spiro atoms. The number of benzene rings is 1. The predicted molar refractivity (Wildman–Crippen MR) is 62.0 cm³/mol. The third-order valence-electron chi connectivity index (χ3n) is 3.20. The number of fused-ring (bicyclic) bond motifs is 1. The van der Waals surface area contributed by atoms with Crippen molar-refractivity contribution < 1.29 is 5.11 Å². The van der Waals surface area contributed by atoms with E-state index >= 15 is 0 Å². The Bertz CT molecular complexity index is 516. The number of aromatic amines is 1. The number of hydrogen-bond acceptors (Lipinski definition) is 2. The van der Waals surface area contributed by atoms with Crippen molar-refractivity contribution in [1.29, 1.82) is 0 Å². The Morgan fingerprint density at radius 1 is 1.19 bits per heavy atom. The average molecular weight is 214 g/mol. The van der Waals surface area contributed by atoms with E-state index in [0.717, 1.165) is 17.0 Å². The molecule has 1 aliphatic carbocycles. The van der Waals surface area contributed by atoms with E-state index in [-0.39, 0.29) is 6.61 Å². The second kappa shape index (κ2) is 3.76. The van der Waals surface area contributed by atoms with Gasteiger partial charge in [0.15, 0.2) is 0 Å². The maximum atomic E-state index is 8.98. The molecule has 1 aromatic heterocycles. The molecule has 3 rings (SSSR count). The number of rotatable bonds is 2. The molecule has 2 N–H and O–H groups in total. The van der Waals surface area contributed by atoms with Crippen molar-refractivity contribution >= 4 is 0 Å². The topological polar surface area (TPSA) is 48.9 Å². The fourth-order valence-electron chi connectivity index (χ4n) is 2.32. The molecule has 82 valence electrons. The zero-order valence-corrected chi connectivity index (χ0v) is 9.03. The highest BCUT2D eigenvalue weighted by Gasteiger charge is 2.12. The number of hydrogen-bond donors (Lipinski definition) is 2. The van der Waals surface area contributed by atoms with Gasteiger partial charge in [0.25, 0.3) is 0 Å². The molecule has 0 radical (unpaired) electrons. The summed E-state index contributed by atoms with van der Waals surface area (Å²) in [5.41, 5.74) is 5.73. The third-order valence-corrected chi connectivity index (χ3v) is 3.20. The van der Waals surface area contributed by atoms with Crippen LogP contribution >= 0.6 is 0 Å². The first-order chi connectivity index (χ1) is 7.86. The molecule has 0 atom stereocenters. The van der Waals surface area contributed by atoms with Crippen LogP contribution < -0.4 is 0 Å². The molecular formula is C13H14N2O. The van der Waals surface area contributed by atoms with Gasteiger partial charge in [0.05, 0.1) is 18.0 Å². The lowest BCUT2D eigenvalue weighted by Crippen LogP contribution is -1.84. The van der Waals surface area contributed by atoms with Crippen LogP contribution in [0.1, 0.15) is 23.2 Å². The molecule has 0 fully saturated rings. The Balaban J connectivity index is 2.00. The van der Waals surface area contributed by atoms with E-state index in [2.05, 4.69) is 28.4 Å². The van der Waals surface area contributed by atoms with Crippen LogP contribution in [-0.4, -0.2) is 15.3 Å². The Morgan fingerprint density at radius 2 is 2.06 bits per heavy atom. The number of aliphatic hydroxyl groups is 1. The average Bonchev–Trinajstić information content (AvgIpc) is 2.96. The Hall–Kier alpha value is -1.61. The van der Waals surface area contributed by atoms with Crippen molar-refractivity contribution in [3.05, 3.63) is 41.1 Å². The highest BCUT2D eigenvalue weighted by atomic mass is 16.3. The van der Waals surface area contributed by atoms with Gasteiger partial charge in [0.1, 0.15) is 0 Å². The second-order valence-electron chi connectivity index (χ2n) is 4.27. The Morgan fingerprint density at radius 3 is 2.88 bits per heavy atom. The van der Waals surface area contributed by atoms with E-state index in [0.29, 0.717) is 0 Å². The minimum Gasteiger partial charge on any atom is -0.390 e. The normalized spacial score (nSPS) is 14.1. The third kappa shape index (κ3) is 1.53. The fraction of sp³-hybridized carbons (Fsp3) is 0.308. The molecule has 16 heavy (non-hydrogen) atoms. The molecule has 0 saturated heterocycles. The van der Waals surface area contributed by atoms with Crippen LogP contribution in [0, 0.1) is 0 Å². The lowest BCUT2D eigenvalue weighted by atomic mass is 10.0. The summed E-state index contributed by atoms with van der Waals surface area (Å²) in [7, 11) is 0. The fourth-order valence-corrected chi connectivity index (χ4v) is 2.32. The summed E-state index contributed by atoms with van der Waals surface area (Å²) >= 11 is 0. The summed E-state index contributed by atoms with van der Waals surface area (Å²) in [5.74, 6) is 0. The lowest BCUT2D eigenvalue weighted by molar-refractivity contribution is 0.276. The van der Waals surface area contributed by atoms with Crippen molar-refractivity contribution in [3.8, 4) is 11.3 Å². The minimum absolute atomic E-state index is 0.0118. The smallest absolute Gasteiger partial charge is 0.0924 e.